The van der Waals surface area contributed by atoms with Crippen molar-refractivity contribution in [2.24, 2.45) is 4.99 Å². The van der Waals surface area contributed by atoms with E-state index in [2.05, 4.69) is 4.99 Å². The Balaban J connectivity index is 1.96. The quantitative estimate of drug-likeness (QED) is 0.688. The average molecular weight is 426 g/mol. The molecule has 30 heavy (non-hydrogen) atoms. The highest BCUT2D eigenvalue weighted by molar-refractivity contribution is 8.18. The SMILES string of the molecule is COc1cccc(/C=C2/SC(=Nc3cccc(C(=O)O)c3)N(C)C2=O)c1OC(C)C. The van der Waals surface area contributed by atoms with Gasteiger partial charge in [0.1, 0.15) is 0 Å². The number of carbonyl (C=O) groups is 2. The number of amidine groups is 1. The van der Waals surface area contributed by atoms with Crippen molar-refractivity contribution in [1.82, 2.24) is 4.90 Å². The van der Waals surface area contributed by atoms with E-state index in [0.717, 1.165) is 5.56 Å². The van der Waals surface area contributed by atoms with Gasteiger partial charge in [-0.25, -0.2) is 9.79 Å². The lowest BCUT2D eigenvalue weighted by molar-refractivity contribution is -0.121. The maximum absolute atomic E-state index is 12.8. The number of nitrogens with zero attached hydrogens (tertiary/aromatic N) is 2. The second-order valence-corrected chi connectivity index (χ2v) is 7.78. The van der Waals surface area contributed by atoms with Crippen molar-refractivity contribution in [1.29, 1.82) is 0 Å². The third-order valence-corrected chi connectivity index (χ3v) is 5.25. The minimum Gasteiger partial charge on any atom is -0.493 e. The van der Waals surface area contributed by atoms with E-state index in [0.29, 0.717) is 27.3 Å². The number of para-hydroxylation sites is 1. The van der Waals surface area contributed by atoms with E-state index in [9.17, 15) is 9.59 Å². The fourth-order valence-corrected chi connectivity index (χ4v) is 3.76. The number of carbonyl (C=O) groups excluding carboxylic acids is 1. The molecule has 8 heteroatoms. The second kappa shape index (κ2) is 9.04. The summed E-state index contributed by atoms with van der Waals surface area (Å²) in [6, 6.07) is 11.8. The molecule has 1 amide bonds. The number of methoxy groups -OCH3 is 1. The molecule has 1 saturated heterocycles. The predicted molar refractivity (Wildman–Crippen MR) is 118 cm³/mol. The van der Waals surface area contributed by atoms with Crippen LogP contribution in [0.25, 0.3) is 6.08 Å². The Labute approximate surface area is 179 Å². The van der Waals surface area contributed by atoms with E-state index in [1.54, 1.807) is 38.4 Å². The summed E-state index contributed by atoms with van der Waals surface area (Å²) < 4.78 is 11.3. The summed E-state index contributed by atoms with van der Waals surface area (Å²) in [6.45, 7) is 3.84. The number of likely N-dealkylation sites (N-methyl/N-ethyl adjacent to an activating group) is 1. The number of aliphatic imine (C=N–C) groups is 1. The number of thioether (sulfide) groups is 1. The first-order chi connectivity index (χ1) is 14.3. The van der Waals surface area contributed by atoms with Crippen LogP contribution in [0.2, 0.25) is 0 Å². The van der Waals surface area contributed by atoms with Gasteiger partial charge in [0.15, 0.2) is 16.7 Å². The molecule has 0 bridgehead atoms. The molecule has 1 aliphatic heterocycles. The predicted octanol–water partition coefficient (Wildman–Crippen LogP) is 4.41. The summed E-state index contributed by atoms with van der Waals surface area (Å²) in [5.74, 6) is -0.0809. The summed E-state index contributed by atoms with van der Waals surface area (Å²) in [5.41, 5.74) is 1.32. The number of carboxylic acid groups (broad SMARTS) is 1. The van der Waals surface area contributed by atoms with Crippen LogP contribution in [-0.4, -0.2) is 47.3 Å². The topological polar surface area (TPSA) is 88.4 Å². The van der Waals surface area contributed by atoms with Crippen molar-refractivity contribution in [3.05, 3.63) is 58.5 Å². The summed E-state index contributed by atoms with van der Waals surface area (Å²) in [5, 5.41) is 9.61. The zero-order chi connectivity index (χ0) is 21.8. The molecule has 7 nitrogen and oxygen atoms in total. The molecule has 0 unspecified atom stereocenters. The highest BCUT2D eigenvalue weighted by Crippen LogP contribution is 2.38. The van der Waals surface area contributed by atoms with Crippen LogP contribution in [-0.2, 0) is 4.79 Å². The molecule has 0 aliphatic carbocycles. The van der Waals surface area contributed by atoms with Crippen molar-refractivity contribution in [2.45, 2.75) is 20.0 Å². The summed E-state index contributed by atoms with van der Waals surface area (Å²) >= 11 is 1.22. The molecule has 1 heterocycles. The Morgan fingerprint density at radius 1 is 1.23 bits per heavy atom. The van der Waals surface area contributed by atoms with E-state index in [1.165, 1.54) is 28.8 Å². The van der Waals surface area contributed by atoms with Crippen LogP contribution >= 0.6 is 11.8 Å². The van der Waals surface area contributed by atoms with Crippen molar-refractivity contribution >= 4 is 40.6 Å². The number of hydrogen-bond acceptors (Lipinski definition) is 6. The van der Waals surface area contributed by atoms with E-state index >= 15 is 0 Å². The molecule has 0 saturated carbocycles. The zero-order valence-electron chi connectivity index (χ0n) is 17.1. The normalized spacial score (nSPS) is 16.6. The van der Waals surface area contributed by atoms with E-state index in [-0.39, 0.29) is 17.6 Å². The highest BCUT2D eigenvalue weighted by atomic mass is 32.2. The van der Waals surface area contributed by atoms with Crippen molar-refractivity contribution in [2.75, 3.05) is 14.2 Å². The Morgan fingerprint density at radius 2 is 1.97 bits per heavy atom. The van der Waals surface area contributed by atoms with Gasteiger partial charge < -0.3 is 14.6 Å². The number of rotatable bonds is 6. The van der Waals surface area contributed by atoms with Gasteiger partial charge in [0.05, 0.1) is 29.4 Å². The monoisotopic (exact) mass is 426 g/mol. The molecular weight excluding hydrogens is 404 g/mol. The molecule has 1 aliphatic rings. The largest absolute Gasteiger partial charge is 0.493 e. The van der Waals surface area contributed by atoms with Gasteiger partial charge in [-0.2, -0.15) is 0 Å². The minimum absolute atomic E-state index is 0.0632. The third kappa shape index (κ3) is 4.65. The number of hydrogen-bond donors (Lipinski definition) is 1. The van der Waals surface area contributed by atoms with E-state index < -0.39 is 5.97 Å². The number of carboxylic acids is 1. The van der Waals surface area contributed by atoms with Crippen LogP contribution in [0.1, 0.15) is 29.8 Å². The first kappa shape index (κ1) is 21.4. The Morgan fingerprint density at radius 3 is 2.63 bits per heavy atom. The summed E-state index contributed by atoms with van der Waals surface area (Å²) in [6.07, 6.45) is 1.69. The van der Waals surface area contributed by atoms with Crippen molar-refractivity contribution in [3.8, 4) is 11.5 Å². The Hall–Kier alpha value is -3.26. The van der Waals surface area contributed by atoms with Crippen LogP contribution in [0.15, 0.2) is 52.4 Å². The van der Waals surface area contributed by atoms with Crippen LogP contribution < -0.4 is 9.47 Å². The molecule has 1 fully saturated rings. The fourth-order valence-electron chi connectivity index (χ4n) is 2.78. The lowest BCUT2D eigenvalue weighted by Crippen LogP contribution is -2.23. The smallest absolute Gasteiger partial charge is 0.335 e. The van der Waals surface area contributed by atoms with Gasteiger partial charge in [-0.05, 0) is 56.0 Å². The number of benzene rings is 2. The zero-order valence-corrected chi connectivity index (χ0v) is 17.9. The van der Waals surface area contributed by atoms with Crippen LogP contribution in [0.4, 0.5) is 5.69 Å². The molecule has 2 aromatic carbocycles. The molecule has 0 atom stereocenters. The van der Waals surface area contributed by atoms with Crippen LogP contribution in [0.5, 0.6) is 11.5 Å². The van der Waals surface area contributed by atoms with Gasteiger partial charge in [0.25, 0.3) is 5.91 Å². The first-order valence-corrected chi connectivity index (χ1v) is 10.0. The molecule has 0 spiro atoms. The summed E-state index contributed by atoms with van der Waals surface area (Å²) in [4.78, 5) is 30.3. The lowest BCUT2D eigenvalue weighted by atomic mass is 10.1. The third-order valence-electron chi connectivity index (χ3n) is 4.19. The maximum atomic E-state index is 12.8. The standard InChI is InChI=1S/C22H22N2O5S/c1-13(2)29-19-14(7-6-10-17(19)28-4)12-18-20(25)24(3)22(30-18)23-16-9-5-8-15(11-16)21(26)27/h5-13H,1-4H3,(H,26,27)/b18-12+,23-22?. The highest BCUT2D eigenvalue weighted by Gasteiger charge is 2.31. The second-order valence-electron chi connectivity index (χ2n) is 6.77. The fraction of sp³-hybridized carbons (Fsp3) is 0.227. The van der Waals surface area contributed by atoms with Crippen molar-refractivity contribution in [3.63, 3.8) is 0 Å². The molecule has 0 radical (unpaired) electrons. The van der Waals surface area contributed by atoms with Gasteiger partial charge in [0.2, 0.25) is 0 Å². The van der Waals surface area contributed by atoms with Gasteiger partial charge >= 0.3 is 5.97 Å². The molecule has 0 aromatic heterocycles. The van der Waals surface area contributed by atoms with Crippen LogP contribution in [0.3, 0.4) is 0 Å². The molecule has 156 valence electrons. The first-order valence-electron chi connectivity index (χ1n) is 9.23. The van der Waals surface area contributed by atoms with Crippen molar-refractivity contribution < 1.29 is 24.2 Å². The van der Waals surface area contributed by atoms with Gasteiger partial charge in [0, 0.05) is 12.6 Å². The number of amides is 1. The van der Waals surface area contributed by atoms with Gasteiger partial charge in [-0.3, -0.25) is 9.69 Å². The van der Waals surface area contributed by atoms with Crippen LogP contribution in [0, 0.1) is 0 Å². The van der Waals surface area contributed by atoms with E-state index in [1.807, 2.05) is 26.0 Å². The average Bonchev–Trinajstić information content (AvgIpc) is 2.97. The molecule has 2 aromatic rings. The number of aromatic carboxylic acids is 1. The van der Waals surface area contributed by atoms with Gasteiger partial charge in [-0.15, -0.1) is 0 Å². The van der Waals surface area contributed by atoms with E-state index in [4.69, 9.17) is 14.6 Å². The molecular formula is C22H22N2O5S. The summed E-state index contributed by atoms with van der Waals surface area (Å²) in [7, 11) is 3.20. The Bertz CT molecular complexity index is 1050. The Kier molecular flexibility index (Phi) is 6.47. The molecule has 1 N–H and O–H groups in total. The maximum Gasteiger partial charge on any atom is 0.335 e. The molecule has 3 rings (SSSR count). The lowest BCUT2D eigenvalue weighted by Gasteiger charge is -2.16. The minimum atomic E-state index is -1.03. The number of ether oxygens (including phenoxy) is 2. The van der Waals surface area contributed by atoms with Gasteiger partial charge in [-0.1, -0.05) is 18.2 Å².